The Morgan fingerprint density at radius 2 is 1.94 bits per heavy atom. The zero-order valence-electron chi connectivity index (χ0n) is 10.2. The summed E-state index contributed by atoms with van der Waals surface area (Å²) in [4.78, 5) is 4.62. The lowest BCUT2D eigenvalue weighted by Crippen LogP contribution is -2.25. The lowest BCUT2D eigenvalue weighted by Gasteiger charge is -2.21. The Balaban J connectivity index is 0.00000120. The van der Waals surface area contributed by atoms with Gasteiger partial charge in [-0.05, 0) is 36.9 Å². The maximum atomic E-state index is 4.62. The third-order valence-electron chi connectivity index (χ3n) is 3.19. The van der Waals surface area contributed by atoms with Crippen LogP contribution in [-0.4, -0.2) is 11.0 Å². The number of hydrogen-bond acceptors (Lipinski definition) is 4. The highest BCUT2D eigenvalue weighted by Crippen LogP contribution is 2.29. The van der Waals surface area contributed by atoms with Crippen LogP contribution in [0.1, 0.15) is 32.1 Å². The van der Waals surface area contributed by atoms with Gasteiger partial charge in [-0.15, -0.1) is 11.3 Å². The van der Waals surface area contributed by atoms with Gasteiger partial charge in [0.05, 0.1) is 10.2 Å². The molecule has 2 nitrogen and oxygen atoms in total. The SMILES string of the molecule is S.c1ccc2sc(SNC3CCCCC3)nc2c1. The van der Waals surface area contributed by atoms with Crippen molar-refractivity contribution in [1.29, 1.82) is 0 Å². The quantitative estimate of drug-likeness (QED) is 0.853. The molecule has 1 heterocycles. The first-order chi connectivity index (χ1) is 8.42. The number of rotatable bonds is 3. The molecule has 98 valence electrons. The van der Waals surface area contributed by atoms with Gasteiger partial charge in [0, 0.05) is 6.04 Å². The Bertz CT molecular complexity index is 459. The second-order valence-electron chi connectivity index (χ2n) is 4.50. The third-order valence-corrected chi connectivity index (χ3v) is 5.24. The maximum absolute atomic E-state index is 4.62. The van der Waals surface area contributed by atoms with E-state index in [2.05, 4.69) is 27.9 Å². The van der Waals surface area contributed by atoms with Gasteiger partial charge in [0.1, 0.15) is 0 Å². The lowest BCUT2D eigenvalue weighted by atomic mass is 9.96. The highest BCUT2D eigenvalue weighted by Gasteiger charge is 2.13. The van der Waals surface area contributed by atoms with Gasteiger partial charge in [-0.25, -0.2) is 4.98 Å². The normalized spacial score (nSPS) is 16.7. The molecule has 0 unspecified atom stereocenters. The van der Waals surface area contributed by atoms with E-state index < -0.39 is 0 Å². The van der Waals surface area contributed by atoms with Gasteiger partial charge in [-0.1, -0.05) is 31.4 Å². The van der Waals surface area contributed by atoms with Crippen molar-refractivity contribution in [3.05, 3.63) is 24.3 Å². The minimum Gasteiger partial charge on any atom is -0.255 e. The van der Waals surface area contributed by atoms with Gasteiger partial charge in [0.2, 0.25) is 0 Å². The highest BCUT2D eigenvalue weighted by atomic mass is 32.2. The van der Waals surface area contributed by atoms with Crippen molar-refractivity contribution in [3.8, 4) is 0 Å². The summed E-state index contributed by atoms with van der Waals surface area (Å²) in [5.41, 5.74) is 1.12. The molecule has 5 heteroatoms. The van der Waals surface area contributed by atoms with E-state index in [1.54, 1.807) is 23.3 Å². The third kappa shape index (κ3) is 3.41. The molecule has 1 saturated carbocycles. The van der Waals surface area contributed by atoms with Crippen LogP contribution in [0, 0.1) is 0 Å². The molecular formula is C13H18N2S3. The fraction of sp³-hybridized carbons (Fsp3) is 0.462. The largest absolute Gasteiger partial charge is 0.255 e. The number of nitrogens with one attached hydrogen (secondary N) is 1. The molecule has 1 fully saturated rings. The molecule has 1 aromatic heterocycles. The van der Waals surface area contributed by atoms with Crippen molar-refractivity contribution in [2.75, 3.05) is 0 Å². The predicted octanol–water partition coefficient (Wildman–Crippen LogP) is 4.34. The fourth-order valence-corrected chi connectivity index (χ4v) is 4.17. The molecule has 3 rings (SSSR count). The summed E-state index contributed by atoms with van der Waals surface area (Å²) >= 11 is 3.49. The number of hydrogen-bond donors (Lipinski definition) is 1. The smallest absolute Gasteiger partial charge is 0.166 e. The average molecular weight is 299 g/mol. The summed E-state index contributed by atoms with van der Waals surface area (Å²) in [5.74, 6) is 0. The van der Waals surface area contributed by atoms with E-state index in [0.717, 1.165) is 9.86 Å². The molecule has 2 aromatic rings. The zero-order chi connectivity index (χ0) is 11.5. The number of nitrogens with zero attached hydrogens (tertiary/aromatic N) is 1. The Morgan fingerprint density at radius 1 is 1.17 bits per heavy atom. The Kier molecular flexibility index (Phi) is 5.36. The van der Waals surface area contributed by atoms with Crippen LogP contribution in [0.5, 0.6) is 0 Å². The summed E-state index contributed by atoms with van der Waals surface area (Å²) in [6.45, 7) is 0. The van der Waals surface area contributed by atoms with Crippen LogP contribution < -0.4 is 4.72 Å². The molecule has 0 spiro atoms. The number of fused-ring (bicyclic) bond motifs is 1. The van der Waals surface area contributed by atoms with E-state index in [9.17, 15) is 0 Å². The second kappa shape index (κ2) is 6.80. The molecular weight excluding hydrogens is 280 g/mol. The molecule has 18 heavy (non-hydrogen) atoms. The molecule has 0 amide bonds. The van der Waals surface area contributed by atoms with Gasteiger partial charge in [-0.3, -0.25) is 4.72 Å². The van der Waals surface area contributed by atoms with Crippen LogP contribution in [0.2, 0.25) is 0 Å². The molecule has 1 N–H and O–H groups in total. The Labute approximate surface area is 123 Å². The van der Waals surface area contributed by atoms with Crippen LogP contribution in [0.3, 0.4) is 0 Å². The molecule has 0 atom stereocenters. The van der Waals surface area contributed by atoms with Crippen LogP contribution in [0.25, 0.3) is 10.2 Å². The van der Waals surface area contributed by atoms with Gasteiger partial charge in [0.25, 0.3) is 0 Å². The number of para-hydroxylation sites is 1. The van der Waals surface area contributed by atoms with Gasteiger partial charge in [-0.2, -0.15) is 13.5 Å². The maximum Gasteiger partial charge on any atom is 0.166 e. The molecule has 1 aliphatic carbocycles. The van der Waals surface area contributed by atoms with Crippen molar-refractivity contribution in [2.45, 2.75) is 42.5 Å². The number of benzene rings is 1. The van der Waals surface area contributed by atoms with Gasteiger partial charge < -0.3 is 0 Å². The van der Waals surface area contributed by atoms with Crippen LogP contribution in [0.4, 0.5) is 0 Å². The van der Waals surface area contributed by atoms with Gasteiger partial charge in [0.15, 0.2) is 4.34 Å². The molecule has 0 bridgehead atoms. The summed E-state index contributed by atoms with van der Waals surface area (Å²) in [6, 6.07) is 9.02. The van der Waals surface area contributed by atoms with Gasteiger partial charge >= 0.3 is 0 Å². The Morgan fingerprint density at radius 3 is 2.72 bits per heavy atom. The minimum atomic E-state index is 0. The first-order valence-electron chi connectivity index (χ1n) is 6.20. The van der Waals surface area contributed by atoms with Crippen LogP contribution >= 0.6 is 36.8 Å². The van der Waals surface area contributed by atoms with Crippen molar-refractivity contribution < 1.29 is 0 Å². The van der Waals surface area contributed by atoms with Crippen molar-refractivity contribution in [1.82, 2.24) is 9.71 Å². The standard InChI is InChI=1S/C13H16N2S2.H2S/c1-2-6-10(7-3-1)15-17-13-14-11-8-4-5-9-12(11)16-13;/h4-5,8-10,15H,1-3,6-7H2;1H2. The molecule has 0 aliphatic heterocycles. The summed E-state index contributed by atoms with van der Waals surface area (Å²) in [6.07, 6.45) is 6.79. The Hall–Kier alpha value is -0.230. The lowest BCUT2D eigenvalue weighted by molar-refractivity contribution is 0.423. The van der Waals surface area contributed by atoms with E-state index >= 15 is 0 Å². The first kappa shape index (κ1) is 14.2. The van der Waals surface area contributed by atoms with E-state index in [0.29, 0.717) is 6.04 Å². The van der Waals surface area contributed by atoms with E-state index in [1.165, 1.54) is 36.8 Å². The highest BCUT2D eigenvalue weighted by molar-refractivity contribution is 7.99. The zero-order valence-corrected chi connectivity index (χ0v) is 12.8. The van der Waals surface area contributed by atoms with Crippen LogP contribution in [0.15, 0.2) is 28.6 Å². The molecule has 0 radical (unpaired) electrons. The van der Waals surface area contributed by atoms with Crippen molar-refractivity contribution in [3.63, 3.8) is 0 Å². The molecule has 1 aliphatic rings. The number of aromatic nitrogens is 1. The average Bonchev–Trinajstić information content (AvgIpc) is 2.80. The topological polar surface area (TPSA) is 24.9 Å². The van der Waals surface area contributed by atoms with Crippen molar-refractivity contribution in [2.24, 2.45) is 0 Å². The summed E-state index contributed by atoms with van der Waals surface area (Å²) < 4.78 is 5.98. The van der Waals surface area contributed by atoms with E-state index in [1.807, 2.05) is 6.07 Å². The van der Waals surface area contributed by atoms with Crippen LogP contribution in [-0.2, 0) is 0 Å². The first-order valence-corrected chi connectivity index (χ1v) is 7.83. The fourth-order valence-electron chi connectivity index (χ4n) is 2.25. The van der Waals surface area contributed by atoms with E-state index in [-0.39, 0.29) is 13.5 Å². The number of thiazole rings is 1. The molecule has 0 saturated heterocycles. The van der Waals surface area contributed by atoms with E-state index in [4.69, 9.17) is 0 Å². The predicted molar refractivity (Wildman–Crippen MR) is 85.9 cm³/mol. The second-order valence-corrected chi connectivity index (χ2v) is 6.62. The monoisotopic (exact) mass is 298 g/mol. The summed E-state index contributed by atoms with van der Waals surface area (Å²) in [7, 11) is 0. The molecule has 1 aromatic carbocycles. The summed E-state index contributed by atoms with van der Waals surface area (Å²) in [5, 5.41) is 0. The van der Waals surface area contributed by atoms with Crippen molar-refractivity contribution >= 4 is 47.0 Å². The minimum absolute atomic E-state index is 0.